The summed E-state index contributed by atoms with van der Waals surface area (Å²) in [6.45, 7) is 0. The quantitative estimate of drug-likeness (QED) is 0.325. The molecule has 0 heterocycles. The highest BCUT2D eigenvalue weighted by atomic mass is 32.2. The Kier molecular flexibility index (Phi) is 4.77. The van der Waals surface area contributed by atoms with Crippen molar-refractivity contribution in [3.63, 3.8) is 0 Å². The van der Waals surface area contributed by atoms with Crippen LogP contribution in [0.5, 0.6) is 0 Å². The van der Waals surface area contributed by atoms with Gasteiger partial charge in [0, 0.05) is 7.11 Å². The van der Waals surface area contributed by atoms with E-state index in [2.05, 4.69) is 10.3 Å². The number of nitrogens with zero attached hydrogens (tertiary/aromatic N) is 2. The van der Waals surface area contributed by atoms with Gasteiger partial charge < -0.3 is 4.74 Å². The molecular weight excluding hydrogens is 198 g/mol. The minimum absolute atomic E-state index is 0.309. The van der Waals surface area contributed by atoms with E-state index in [0.717, 1.165) is 19.3 Å². The average Bonchev–Trinajstić information content (AvgIpc) is 2.65. The Morgan fingerprint density at radius 1 is 1.64 bits per heavy atom. The third-order valence-corrected chi connectivity index (χ3v) is 2.94. The molecule has 0 aromatic carbocycles. The number of hydrogen-bond acceptors (Lipinski definition) is 4. The van der Waals surface area contributed by atoms with E-state index in [9.17, 15) is 0 Å². The van der Waals surface area contributed by atoms with E-state index in [0.29, 0.717) is 17.3 Å². The summed E-state index contributed by atoms with van der Waals surface area (Å²) in [4.78, 5) is 4.45. The highest BCUT2D eigenvalue weighted by Crippen LogP contribution is 2.24. The van der Waals surface area contributed by atoms with Gasteiger partial charge in [0.1, 0.15) is 0 Å². The number of nitriles is 1. The number of thioether (sulfide) groups is 1. The van der Waals surface area contributed by atoms with E-state index in [1.807, 2.05) is 12.4 Å². The molecule has 0 bridgehead atoms. The maximum absolute atomic E-state index is 8.46. The first kappa shape index (κ1) is 11.3. The molecule has 4 nitrogen and oxygen atoms in total. The largest absolute Gasteiger partial charge is 0.381 e. The molecule has 5 heteroatoms. The lowest BCUT2D eigenvalue weighted by atomic mass is 10.3. The minimum Gasteiger partial charge on any atom is -0.381 e. The normalized spacial score (nSPS) is 27.4. The van der Waals surface area contributed by atoms with E-state index in [1.54, 1.807) is 7.11 Å². The second-order valence-corrected chi connectivity index (χ2v) is 3.99. The van der Waals surface area contributed by atoms with Gasteiger partial charge in [0.25, 0.3) is 0 Å². The van der Waals surface area contributed by atoms with Crippen LogP contribution in [0, 0.1) is 11.5 Å². The zero-order valence-corrected chi connectivity index (χ0v) is 9.30. The molecule has 0 saturated heterocycles. The van der Waals surface area contributed by atoms with Crippen LogP contribution in [0.3, 0.4) is 0 Å². The Bertz CT molecular complexity index is 249. The van der Waals surface area contributed by atoms with E-state index < -0.39 is 0 Å². The molecule has 0 aliphatic heterocycles. The summed E-state index contributed by atoms with van der Waals surface area (Å²) in [7, 11) is 1.74. The average molecular weight is 213 g/mol. The van der Waals surface area contributed by atoms with Crippen LogP contribution in [0.1, 0.15) is 19.3 Å². The fourth-order valence-corrected chi connectivity index (χ4v) is 2.00. The van der Waals surface area contributed by atoms with Crippen LogP contribution in [0.15, 0.2) is 4.99 Å². The molecule has 14 heavy (non-hydrogen) atoms. The first-order chi connectivity index (χ1) is 6.80. The molecule has 2 atom stereocenters. The SMILES string of the molecule is COC1CCC(N=C(NC#N)SC)C1. The molecule has 78 valence electrons. The zero-order chi connectivity index (χ0) is 10.4. The maximum atomic E-state index is 8.46. The Morgan fingerprint density at radius 2 is 2.43 bits per heavy atom. The van der Waals surface area contributed by atoms with Crippen molar-refractivity contribution in [1.29, 1.82) is 5.26 Å². The number of hydrogen-bond donors (Lipinski definition) is 1. The molecule has 0 spiro atoms. The molecule has 0 aromatic heterocycles. The first-order valence-corrected chi connectivity index (χ1v) is 5.82. The lowest BCUT2D eigenvalue weighted by Gasteiger charge is -2.07. The van der Waals surface area contributed by atoms with Crippen LogP contribution in [0.2, 0.25) is 0 Å². The summed E-state index contributed by atoms with van der Waals surface area (Å²) in [6.07, 6.45) is 7.22. The standard InChI is InChI=1S/C9H15N3OS/c1-13-8-4-3-7(5-8)12-9(14-2)11-6-10/h7-8H,3-5H2,1-2H3,(H,11,12). The molecule has 0 amide bonds. The van der Waals surface area contributed by atoms with Gasteiger partial charge in [0.05, 0.1) is 12.1 Å². The van der Waals surface area contributed by atoms with Crippen molar-refractivity contribution in [2.24, 2.45) is 4.99 Å². The molecule has 1 rings (SSSR count). The van der Waals surface area contributed by atoms with Crippen molar-refractivity contribution in [1.82, 2.24) is 5.32 Å². The van der Waals surface area contributed by atoms with Crippen LogP contribution < -0.4 is 5.32 Å². The molecule has 1 aliphatic rings. The molecule has 2 unspecified atom stereocenters. The Morgan fingerprint density at radius 3 is 2.93 bits per heavy atom. The summed E-state index contributed by atoms with van der Waals surface area (Å²) >= 11 is 1.47. The van der Waals surface area contributed by atoms with Crippen LogP contribution in [-0.2, 0) is 4.74 Å². The fraction of sp³-hybridized carbons (Fsp3) is 0.778. The van der Waals surface area contributed by atoms with Gasteiger partial charge in [-0.05, 0) is 25.5 Å². The number of ether oxygens (including phenoxy) is 1. The minimum atomic E-state index is 0.309. The third-order valence-electron chi connectivity index (χ3n) is 2.35. The van der Waals surface area contributed by atoms with Gasteiger partial charge in [-0.2, -0.15) is 5.26 Å². The van der Waals surface area contributed by atoms with E-state index in [-0.39, 0.29) is 0 Å². The van der Waals surface area contributed by atoms with Gasteiger partial charge in [-0.25, -0.2) is 0 Å². The second-order valence-electron chi connectivity index (χ2n) is 3.20. The molecule has 0 radical (unpaired) electrons. The van der Waals surface area contributed by atoms with Crippen LogP contribution in [-0.4, -0.2) is 30.7 Å². The van der Waals surface area contributed by atoms with E-state index >= 15 is 0 Å². The number of rotatable bonds is 2. The predicted molar refractivity (Wildman–Crippen MR) is 58.1 cm³/mol. The van der Waals surface area contributed by atoms with E-state index in [1.165, 1.54) is 11.8 Å². The predicted octanol–water partition coefficient (Wildman–Crippen LogP) is 1.34. The lowest BCUT2D eigenvalue weighted by Crippen LogP contribution is -2.16. The van der Waals surface area contributed by atoms with Gasteiger partial charge in [-0.15, -0.1) is 0 Å². The van der Waals surface area contributed by atoms with Gasteiger partial charge in [0.15, 0.2) is 11.4 Å². The molecule has 1 aliphatic carbocycles. The summed E-state index contributed by atoms with van der Waals surface area (Å²) in [5.74, 6) is 0. The van der Waals surface area contributed by atoms with Crippen LogP contribution in [0.25, 0.3) is 0 Å². The smallest absolute Gasteiger partial charge is 0.183 e. The van der Waals surface area contributed by atoms with Crippen molar-refractivity contribution in [2.45, 2.75) is 31.4 Å². The maximum Gasteiger partial charge on any atom is 0.183 e. The highest BCUT2D eigenvalue weighted by molar-refractivity contribution is 8.13. The second kappa shape index (κ2) is 5.89. The van der Waals surface area contributed by atoms with Crippen molar-refractivity contribution in [3.8, 4) is 6.19 Å². The fourth-order valence-electron chi connectivity index (χ4n) is 1.60. The zero-order valence-electron chi connectivity index (χ0n) is 8.49. The molecule has 1 fully saturated rings. The summed E-state index contributed by atoms with van der Waals surface area (Å²) < 4.78 is 5.26. The monoisotopic (exact) mass is 213 g/mol. The summed E-state index contributed by atoms with van der Waals surface area (Å²) in [6, 6.07) is 0.309. The Labute approximate surface area is 88.7 Å². The highest BCUT2D eigenvalue weighted by Gasteiger charge is 2.24. The molecule has 0 aromatic rings. The van der Waals surface area contributed by atoms with Gasteiger partial charge in [-0.3, -0.25) is 10.3 Å². The number of aliphatic imine (C=N–C) groups is 1. The Balaban J connectivity index is 2.46. The van der Waals surface area contributed by atoms with Crippen molar-refractivity contribution in [2.75, 3.05) is 13.4 Å². The molecular formula is C9H15N3OS. The van der Waals surface area contributed by atoms with Crippen molar-refractivity contribution in [3.05, 3.63) is 0 Å². The third kappa shape index (κ3) is 3.20. The molecule has 1 saturated carbocycles. The molecule has 1 N–H and O–H groups in total. The van der Waals surface area contributed by atoms with E-state index in [4.69, 9.17) is 10.00 Å². The first-order valence-electron chi connectivity index (χ1n) is 4.59. The lowest BCUT2D eigenvalue weighted by molar-refractivity contribution is 0.108. The van der Waals surface area contributed by atoms with Crippen molar-refractivity contribution >= 4 is 16.9 Å². The van der Waals surface area contributed by atoms with Crippen LogP contribution >= 0.6 is 11.8 Å². The van der Waals surface area contributed by atoms with Gasteiger partial charge >= 0.3 is 0 Å². The summed E-state index contributed by atoms with van der Waals surface area (Å²) in [5, 5.41) is 11.7. The number of nitrogens with one attached hydrogen (secondary N) is 1. The Hall–Kier alpha value is -0.730. The summed E-state index contributed by atoms with van der Waals surface area (Å²) in [5.41, 5.74) is 0. The van der Waals surface area contributed by atoms with Crippen LogP contribution in [0.4, 0.5) is 0 Å². The van der Waals surface area contributed by atoms with Crippen molar-refractivity contribution < 1.29 is 4.74 Å². The number of amidine groups is 1. The van der Waals surface area contributed by atoms with Gasteiger partial charge in [0.2, 0.25) is 0 Å². The number of methoxy groups -OCH3 is 1. The topological polar surface area (TPSA) is 57.4 Å². The van der Waals surface area contributed by atoms with Gasteiger partial charge in [-0.1, -0.05) is 11.8 Å².